The highest BCUT2D eigenvalue weighted by molar-refractivity contribution is 7.99. The van der Waals surface area contributed by atoms with Crippen molar-refractivity contribution >= 4 is 28.6 Å². The maximum absolute atomic E-state index is 11.0. The predicted molar refractivity (Wildman–Crippen MR) is 76.5 cm³/mol. The van der Waals surface area contributed by atoms with Gasteiger partial charge in [0.1, 0.15) is 0 Å². The van der Waals surface area contributed by atoms with Gasteiger partial charge in [0.2, 0.25) is 0 Å². The van der Waals surface area contributed by atoms with Crippen molar-refractivity contribution in [3.05, 3.63) is 36.0 Å². The van der Waals surface area contributed by atoms with E-state index in [-0.39, 0.29) is 0 Å². The average Bonchev–Trinajstić information content (AvgIpc) is 2.77. The smallest absolute Gasteiger partial charge is 0.335 e. The third-order valence-electron chi connectivity index (χ3n) is 2.91. The average molecular weight is 263 g/mol. The minimum absolute atomic E-state index is 0.352. The third kappa shape index (κ3) is 2.88. The van der Waals surface area contributed by atoms with Crippen molar-refractivity contribution in [2.24, 2.45) is 0 Å². The number of hydrogen-bond acceptors (Lipinski definition) is 2. The van der Waals surface area contributed by atoms with Crippen molar-refractivity contribution in [3.8, 4) is 0 Å². The summed E-state index contributed by atoms with van der Waals surface area (Å²) in [5.41, 5.74) is 1.36. The summed E-state index contributed by atoms with van der Waals surface area (Å²) >= 11 is 1.94. The molecule has 0 radical (unpaired) electrons. The molecule has 0 spiro atoms. The van der Waals surface area contributed by atoms with Crippen LogP contribution in [0, 0.1) is 0 Å². The van der Waals surface area contributed by atoms with E-state index in [1.807, 2.05) is 30.1 Å². The van der Waals surface area contributed by atoms with E-state index in [0.717, 1.165) is 35.4 Å². The highest BCUT2D eigenvalue weighted by Gasteiger charge is 2.06. The van der Waals surface area contributed by atoms with Crippen LogP contribution in [0.3, 0.4) is 0 Å². The topological polar surface area (TPSA) is 42.2 Å². The maximum Gasteiger partial charge on any atom is 0.335 e. The molecule has 0 aliphatic heterocycles. The zero-order chi connectivity index (χ0) is 13.0. The van der Waals surface area contributed by atoms with Crippen molar-refractivity contribution in [2.45, 2.75) is 19.9 Å². The normalized spacial score (nSPS) is 10.9. The summed E-state index contributed by atoms with van der Waals surface area (Å²) in [5.74, 6) is 1.43. The minimum atomic E-state index is -0.869. The van der Waals surface area contributed by atoms with E-state index < -0.39 is 5.97 Å². The third-order valence-corrected chi connectivity index (χ3v) is 3.90. The highest BCUT2D eigenvalue weighted by Crippen LogP contribution is 2.18. The summed E-state index contributed by atoms with van der Waals surface area (Å²) < 4.78 is 2.14. The highest BCUT2D eigenvalue weighted by atomic mass is 32.2. The van der Waals surface area contributed by atoms with Crippen LogP contribution in [-0.4, -0.2) is 27.1 Å². The quantitative estimate of drug-likeness (QED) is 0.811. The number of carboxylic acid groups (broad SMARTS) is 1. The summed E-state index contributed by atoms with van der Waals surface area (Å²) in [6.45, 7) is 3.11. The molecule has 1 heterocycles. The molecule has 0 amide bonds. The van der Waals surface area contributed by atoms with Gasteiger partial charge in [0.25, 0.3) is 0 Å². The van der Waals surface area contributed by atoms with Gasteiger partial charge in [-0.05, 0) is 41.5 Å². The zero-order valence-electron chi connectivity index (χ0n) is 10.4. The van der Waals surface area contributed by atoms with Crippen molar-refractivity contribution < 1.29 is 9.90 Å². The monoisotopic (exact) mass is 263 g/mol. The molecule has 2 rings (SSSR count). The van der Waals surface area contributed by atoms with Crippen LogP contribution in [0.25, 0.3) is 10.9 Å². The molecule has 0 aliphatic rings. The summed E-state index contributed by atoms with van der Waals surface area (Å²) in [4.78, 5) is 11.0. The first-order valence-electron chi connectivity index (χ1n) is 6.12. The molecule has 0 fully saturated rings. The van der Waals surface area contributed by atoms with Crippen molar-refractivity contribution in [1.82, 2.24) is 4.57 Å². The van der Waals surface area contributed by atoms with E-state index in [9.17, 15) is 4.79 Å². The van der Waals surface area contributed by atoms with Gasteiger partial charge in [-0.15, -0.1) is 0 Å². The van der Waals surface area contributed by atoms with Crippen LogP contribution in [0.15, 0.2) is 30.5 Å². The van der Waals surface area contributed by atoms with Gasteiger partial charge in [-0.2, -0.15) is 11.8 Å². The lowest BCUT2D eigenvalue weighted by atomic mass is 10.1. The molecule has 2 aromatic rings. The van der Waals surface area contributed by atoms with Gasteiger partial charge in [0, 0.05) is 18.3 Å². The van der Waals surface area contributed by atoms with Gasteiger partial charge >= 0.3 is 5.97 Å². The SMILES string of the molecule is CCSCCCn1ccc2ccc(C(=O)O)cc21. The van der Waals surface area contributed by atoms with Crippen LogP contribution < -0.4 is 0 Å². The molecule has 0 saturated carbocycles. The summed E-state index contributed by atoms with van der Waals surface area (Å²) in [6, 6.07) is 7.32. The molecule has 0 bridgehead atoms. The predicted octanol–water partition coefficient (Wildman–Crippen LogP) is 3.48. The number of nitrogens with zero attached hydrogens (tertiary/aromatic N) is 1. The number of aromatic nitrogens is 1. The van der Waals surface area contributed by atoms with Crippen molar-refractivity contribution in [1.29, 1.82) is 0 Å². The lowest BCUT2D eigenvalue weighted by Crippen LogP contribution is -2.00. The number of hydrogen-bond donors (Lipinski definition) is 1. The Morgan fingerprint density at radius 3 is 2.94 bits per heavy atom. The van der Waals surface area contributed by atoms with Crippen LogP contribution >= 0.6 is 11.8 Å². The van der Waals surface area contributed by atoms with Crippen LogP contribution in [0.5, 0.6) is 0 Å². The van der Waals surface area contributed by atoms with Gasteiger partial charge in [0.15, 0.2) is 0 Å². The molecule has 0 atom stereocenters. The number of carboxylic acids is 1. The number of carbonyl (C=O) groups is 1. The Morgan fingerprint density at radius 1 is 1.39 bits per heavy atom. The number of aromatic carboxylic acids is 1. The minimum Gasteiger partial charge on any atom is -0.478 e. The summed E-state index contributed by atoms with van der Waals surface area (Å²) in [7, 11) is 0. The Bertz CT molecular complexity index is 548. The number of fused-ring (bicyclic) bond motifs is 1. The molecule has 1 aromatic heterocycles. The Hall–Kier alpha value is -1.42. The Morgan fingerprint density at radius 2 is 2.22 bits per heavy atom. The Kier molecular flexibility index (Phi) is 4.31. The molecule has 1 N–H and O–H groups in total. The molecular formula is C14H17NO2S. The first kappa shape index (κ1) is 13.0. The van der Waals surface area contributed by atoms with Gasteiger partial charge in [-0.3, -0.25) is 0 Å². The first-order valence-corrected chi connectivity index (χ1v) is 7.27. The number of aryl methyl sites for hydroxylation is 1. The lowest BCUT2D eigenvalue weighted by molar-refractivity contribution is 0.0697. The molecule has 0 saturated heterocycles. The van der Waals surface area contributed by atoms with E-state index in [0.29, 0.717) is 5.56 Å². The fourth-order valence-electron chi connectivity index (χ4n) is 1.99. The fourth-order valence-corrected chi connectivity index (χ4v) is 2.62. The second kappa shape index (κ2) is 5.96. The molecule has 18 heavy (non-hydrogen) atoms. The number of thioether (sulfide) groups is 1. The molecule has 1 aromatic carbocycles. The van der Waals surface area contributed by atoms with E-state index in [1.165, 1.54) is 0 Å². The zero-order valence-corrected chi connectivity index (χ0v) is 11.2. The van der Waals surface area contributed by atoms with E-state index in [1.54, 1.807) is 12.1 Å². The second-order valence-electron chi connectivity index (χ2n) is 4.14. The molecule has 0 aliphatic carbocycles. The van der Waals surface area contributed by atoms with Crippen LogP contribution in [0.1, 0.15) is 23.7 Å². The largest absolute Gasteiger partial charge is 0.478 e. The number of benzene rings is 1. The fraction of sp³-hybridized carbons (Fsp3) is 0.357. The molecule has 4 heteroatoms. The Labute approximate surface area is 111 Å². The van der Waals surface area contributed by atoms with Crippen molar-refractivity contribution in [3.63, 3.8) is 0 Å². The molecule has 3 nitrogen and oxygen atoms in total. The summed E-state index contributed by atoms with van der Waals surface area (Å²) in [5, 5.41) is 10.1. The Balaban J connectivity index is 2.17. The van der Waals surface area contributed by atoms with Crippen LogP contribution in [0.2, 0.25) is 0 Å². The van der Waals surface area contributed by atoms with Crippen LogP contribution in [0.4, 0.5) is 0 Å². The molecule has 0 unspecified atom stereocenters. The van der Waals surface area contributed by atoms with Gasteiger partial charge in [-0.25, -0.2) is 4.79 Å². The van der Waals surface area contributed by atoms with Gasteiger partial charge in [0.05, 0.1) is 5.56 Å². The van der Waals surface area contributed by atoms with E-state index >= 15 is 0 Å². The summed E-state index contributed by atoms with van der Waals surface area (Å²) in [6.07, 6.45) is 3.15. The first-order chi connectivity index (χ1) is 8.72. The standard InChI is InChI=1S/C14H17NO2S/c1-2-18-9-3-7-15-8-6-11-4-5-12(14(16)17)10-13(11)15/h4-6,8,10H,2-3,7,9H2,1H3,(H,16,17). The number of rotatable bonds is 6. The van der Waals surface area contributed by atoms with E-state index in [4.69, 9.17) is 5.11 Å². The van der Waals surface area contributed by atoms with Gasteiger partial charge in [-0.1, -0.05) is 13.0 Å². The second-order valence-corrected chi connectivity index (χ2v) is 5.53. The molecular weight excluding hydrogens is 246 g/mol. The van der Waals surface area contributed by atoms with Gasteiger partial charge < -0.3 is 9.67 Å². The van der Waals surface area contributed by atoms with Crippen molar-refractivity contribution in [2.75, 3.05) is 11.5 Å². The molecule has 96 valence electrons. The van der Waals surface area contributed by atoms with Crippen LogP contribution in [-0.2, 0) is 6.54 Å². The maximum atomic E-state index is 11.0. The van der Waals surface area contributed by atoms with E-state index in [2.05, 4.69) is 11.5 Å². The lowest BCUT2D eigenvalue weighted by Gasteiger charge is -2.05.